The van der Waals surface area contributed by atoms with E-state index in [1.54, 1.807) is 11.3 Å². The SMILES string of the molecule is CCc1nc(CC(=O)N2CC(CN)CC2C)cs1.Cl.Cl. The number of rotatable bonds is 4. The Kier molecular flexibility index (Phi) is 8.66. The van der Waals surface area contributed by atoms with E-state index in [4.69, 9.17) is 5.73 Å². The number of nitrogens with zero attached hydrogens (tertiary/aromatic N) is 2. The van der Waals surface area contributed by atoms with Crippen LogP contribution in [-0.4, -0.2) is 34.9 Å². The second-order valence-corrected chi connectivity index (χ2v) is 5.94. The molecule has 1 aliphatic heterocycles. The van der Waals surface area contributed by atoms with Crippen LogP contribution in [0.25, 0.3) is 0 Å². The molecule has 0 spiro atoms. The average Bonchev–Trinajstić information content (AvgIpc) is 2.95. The van der Waals surface area contributed by atoms with Crippen molar-refractivity contribution in [1.29, 1.82) is 0 Å². The number of hydrogen-bond acceptors (Lipinski definition) is 4. The van der Waals surface area contributed by atoms with E-state index < -0.39 is 0 Å². The summed E-state index contributed by atoms with van der Waals surface area (Å²) in [5.74, 6) is 0.650. The second-order valence-electron chi connectivity index (χ2n) is 5.00. The molecule has 1 amide bonds. The third-order valence-electron chi connectivity index (χ3n) is 3.55. The highest BCUT2D eigenvalue weighted by molar-refractivity contribution is 7.09. The van der Waals surface area contributed by atoms with E-state index in [1.807, 2.05) is 10.3 Å². The maximum atomic E-state index is 12.2. The van der Waals surface area contributed by atoms with Crippen LogP contribution >= 0.6 is 36.2 Å². The Bertz CT molecular complexity index is 428. The number of nitrogens with two attached hydrogens (primary N) is 1. The molecule has 7 heteroatoms. The van der Waals surface area contributed by atoms with E-state index in [0.717, 1.165) is 30.1 Å². The summed E-state index contributed by atoms with van der Waals surface area (Å²) >= 11 is 1.64. The normalized spacial score (nSPS) is 21.2. The minimum atomic E-state index is 0. The lowest BCUT2D eigenvalue weighted by Gasteiger charge is -2.21. The van der Waals surface area contributed by atoms with E-state index in [1.165, 1.54) is 0 Å². The molecule has 0 saturated carbocycles. The largest absolute Gasteiger partial charge is 0.339 e. The van der Waals surface area contributed by atoms with E-state index in [9.17, 15) is 4.79 Å². The Labute approximate surface area is 137 Å². The molecule has 1 fully saturated rings. The molecular weight excluding hydrogens is 317 g/mol. The van der Waals surface area contributed by atoms with Gasteiger partial charge in [-0.15, -0.1) is 36.2 Å². The monoisotopic (exact) mass is 339 g/mol. The number of aromatic nitrogens is 1. The van der Waals surface area contributed by atoms with Crippen LogP contribution < -0.4 is 5.73 Å². The standard InChI is InChI=1S/C13H21N3OS.2ClH/c1-3-12-15-11(8-18-12)5-13(17)16-7-10(6-14)4-9(16)2;;/h8-10H,3-7,14H2,1-2H3;2*1H. The Morgan fingerprint density at radius 3 is 2.75 bits per heavy atom. The molecule has 2 atom stereocenters. The van der Waals surface area contributed by atoms with Crippen LogP contribution in [-0.2, 0) is 17.6 Å². The first-order valence-electron chi connectivity index (χ1n) is 6.56. The van der Waals surface area contributed by atoms with Gasteiger partial charge in [-0.2, -0.15) is 0 Å². The fraction of sp³-hybridized carbons (Fsp3) is 0.692. The minimum absolute atomic E-state index is 0. The highest BCUT2D eigenvalue weighted by Gasteiger charge is 2.31. The molecule has 1 saturated heterocycles. The zero-order valence-electron chi connectivity index (χ0n) is 11.9. The Morgan fingerprint density at radius 1 is 1.55 bits per heavy atom. The van der Waals surface area contributed by atoms with Crippen molar-refractivity contribution in [3.63, 3.8) is 0 Å². The summed E-state index contributed by atoms with van der Waals surface area (Å²) in [4.78, 5) is 18.6. The van der Waals surface area contributed by atoms with Gasteiger partial charge in [0.2, 0.25) is 5.91 Å². The Hall–Kier alpha value is -0.360. The number of amides is 1. The van der Waals surface area contributed by atoms with Crippen LogP contribution in [0.5, 0.6) is 0 Å². The van der Waals surface area contributed by atoms with Crippen molar-refractivity contribution in [2.75, 3.05) is 13.1 Å². The van der Waals surface area contributed by atoms with Gasteiger partial charge in [0, 0.05) is 18.0 Å². The fourth-order valence-corrected chi connectivity index (χ4v) is 3.25. The Morgan fingerprint density at radius 2 is 2.25 bits per heavy atom. The van der Waals surface area contributed by atoms with E-state index in [2.05, 4.69) is 18.8 Å². The molecule has 2 rings (SSSR count). The van der Waals surface area contributed by atoms with Crippen molar-refractivity contribution in [1.82, 2.24) is 9.88 Å². The predicted molar refractivity (Wildman–Crippen MR) is 88.0 cm³/mol. The van der Waals surface area contributed by atoms with Crippen LogP contribution in [0.2, 0.25) is 0 Å². The van der Waals surface area contributed by atoms with Crippen molar-refractivity contribution < 1.29 is 4.79 Å². The van der Waals surface area contributed by atoms with Gasteiger partial charge >= 0.3 is 0 Å². The molecule has 116 valence electrons. The maximum Gasteiger partial charge on any atom is 0.228 e. The summed E-state index contributed by atoms with van der Waals surface area (Å²) in [6.07, 6.45) is 2.39. The number of thiazole rings is 1. The van der Waals surface area contributed by atoms with Gasteiger partial charge in [-0.05, 0) is 32.2 Å². The summed E-state index contributed by atoms with van der Waals surface area (Å²) < 4.78 is 0. The average molecular weight is 340 g/mol. The minimum Gasteiger partial charge on any atom is -0.339 e. The molecule has 0 radical (unpaired) electrons. The molecule has 20 heavy (non-hydrogen) atoms. The van der Waals surface area contributed by atoms with E-state index >= 15 is 0 Å². The highest BCUT2D eigenvalue weighted by atomic mass is 35.5. The molecule has 1 aliphatic rings. The lowest BCUT2D eigenvalue weighted by atomic mass is 10.1. The molecular formula is C13H23Cl2N3OS. The van der Waals surface area contributed by atoms with Crippen molar-refractivity contribution in [3.05, 3.63) is 16.1 Å². The summed E-state index contributed by atoms with van der Waals surface area (Å²) in [6.45, 7) is 5.66. The molecule has 0 aromatic carbocycles. The summed E-state index contributed by atoms with van der Waals surface area (Å²) in [7, 11) is 0. The predicted octanol–water partition coefficient (Wildman–Crippen LogP) is 2.29. The molecule has 2 heterocycles. The van der Waals surface area contributed by atoms with Gasteiger partial charge in [0.1, 0.15) is 0 Å². The molecule has 0 bridgehead atoms. The van der Waals surface area contributed by atoms with Crippen LogP contribution in [0.3, 0.4) is 0 Å². The van der Waals surface area contributed by atoms with E-state index in [-0.39, 0.29) is 30.7 Å². The zero-order valence-corrected chi connectivity index (χ0v) is 14.3. The van der Waals surface area contributed by atoms with Gasteiger partial charge < -0.3 is 10.6 Å². The first kappa shape index (κ1) is 19.6. The van der Waals surface area contributed by atoms with Crippen molar-refractivity contribution in [2.45, 2.75) is 39.2 Å². The molecule has 0 aliphatic carbocycles. The first-order valence-corrected chi connectivity index (χ1v) is 7.44. The van der Waals surface area contributed by atoms with Crippen LogP contribution in [0.1, 0.15) is 31.0 Å². The molecule has 4 nitrogen and oxygen atoms in total. The van der Waals surface area contributed by atoms with Gasteiger partial charge in [-0.1, -0.05) is 6.92 Å². The number of hydrogen-bond donors (Lipinski definition) is 1. The quantitative estimate of drug-likeness (QED) is 0.915. The Balaban J connectivity index is 0.00000180. The van der Waals surface area contributed by atoms with Crippen molar-refractivity contribution >= 4 is 42.1 Å². The van der Waals surface area contributed by atoms with Crippen molar-refractivity contribution in [2.24, 2.45) is 11.7 Å². The van der Waals surface area contributed by atoms with Crippen LogP contribution in [0.4, 0.5) is 0 Å². The fourth-order valence-electron chi connectivity index (χ4n) is 2.51. The van der Waals surface area contributed by atoms with Gasteiger partial charge in [-0.3, -0.25) is 4.79 Å². The molecule has 2 unspecified atom stereocenters. The molecule has 2 N–H and O–H groups in total. The van der Waals surface area contributed by atoms with E-state index in [0.29, 0.717) is 24.9 Å². The van der Waals surface area contributed by atoms with Crippen LogP contribution in [0.15, 0.2) is 5.38 Å². The van der Waals surface area contributed by atoms with Crippen molar-refractivity contribution in [3.8, 4) is 0 Å². The van der Waals surface area contributed by atoms with Gasteiger partial charge in [-0.25, -0.2) is 4.98 Å². The number of carbonyl (C=O) groups is 1. The lowest BCUT2D eigenvalue weighted by molar-refractivity contribution is -0.131. The van der Waals surface area contributed by atoms with Gasteiger partial charge in [0.25, 0.3) is 0 Å². The number of likely N-dealkylation sites (tertiary alicyclic amines) is 1. The summed E-state index contributed by atoms with van der Waals surface area (Å²) in [6, 6.07) is 0.315. The van der Waals surface area contributed by atoms with Crippen LogP contribution in [0, 0.1) is 5.92 Å². The topological polar surface area (TPSA) is 59.2 Å². The smallest absolute Gasteiger partial charge is 0.228 e. The molecule has 1 aromatic rings. The van der Waals surface area contributed by atoms with Gasteiger partial charge in [0.05, 0.1) is 17.1 Å². The third kappa shape index (κ3) is 4.58. The number of carbonyl (C=O) groups excluding carboxylic acids is 1. The highest BCUT2D eigenvalue weighted by Crippen LogP contribution is 2.23. The number of aryl methyl sites for hydroxylation is 1. The molecule has 1 aromatic heterocycles. The van der Waals surface area contributed by atoms with Gasteiger partial charge in [0.15, 0.2) is 0 Å². The summed E-state index contributed by atoms with van der Waals surface area (Å²) in [5, 5.41) is 3.10. The second kappa shape index (κ2) is 8.82. The third-order valence-corrected chi connectivity index (χ3v) is 4.59. The summed E-state index contributed by atoms with van der Waals surface area (Å²) in [5.41, 5.74) is 6.59. The zero-order chi connectivity index (χ0) is 13.1. The first-order chi connectivity index (χ1) is 8.63. The maximum absolute atomic E-state index is 12.2. The lowest BCUT2D eigenvalue weighted by Crippen LogP contribution is -2.35. The number of halogens is 2.